The van der Waals surface area contributed by atoms with Gasteiger partial charge >= 0.3 is 12.4 Å². The van der Waals surface area contributed by atoms with Gasteiger partial charge in [0, 0.05) is 5.56 Å². The first kappa shape index (κ1) is 21.1. The van der Waals surface area contributed by atoms with Crippen molar-refractivity contribution in [3.63, 3.8) is 0 Å². The SMILES string of the molecule is N=C(/C=C\N)Nc1nnc(-c2ccc(C(F)(F)F)cc2CC(F)(F)F)c2cncn12. The zero-order valence-electron chi connectivity index (χ0n) is 14.9. The van der Waals surface area contributed by atoms with Crippen LogP contribution in [-0.2, 0) is 12.6 Å². The lowest BCUT2D eigenvalue weighted by Crippen LogP contribution is -2.16. The predicted molar refractivity (Wildman–Crippen MR) is 95.7 cm³/mol. The van der Waals surface area contributed by atoms with Gasteiger partial charge in [-0.1, -0.05) is 6.07 Å². The minimum Gasteiger partial charge on any atom is -0.404 e. The molecule has 4 N–H and O–H groups in total. The molecule has 0 aliphatic carbocycles. The largest absolute Gasteiger partial charge is 0.416 e. The average Bonchev–Trinajstić information content (AvgIpc) is 3.10. The number of halogens is 6. The molecule has 2 heterocycles. The number of amidine groups is 1. The van der Waals surface area contributed by atoms with E-state index in [1.807, 2.05) is 0 Å². The second-order valence-corrected chi connectivity index (χ2v) is 6.08. The van der Waals surface area contributed by atoms with Gasteiger partial charge in [-0.05, 0) is 30.0 Å². The van der Waals surface area contributed by atoms with E-state index in [9.17, 15) is 26.3 Å². The molecule has 0 unspecified atom stereocenters. The van der Waals surface area contributed by atoms with E-state index in [-0.39, 0.29) is 28.6 Å². The molecule has 0 aliphatic rings. The summed E-state index contributed by atoms with van der Waals surface area (Å²) in [7, 11) is 0. The van der Waals surface area contributed by atoms with Crippen LogP contribution in [-0.4, -0.2) is 31.6 Å². The van der Waals surface area contributed by atoms with Crippen molar-refractivity contribution in [1.82, 2.24) is 19.6 Å². The van der Waals surface area contributed by atoms with Gasteiger partial charge in [0.15, 0.2) is 0 Å². The molecule has 1 aromatic carbocycles. The first-order chi connectivity index (χ1) is 14.0. The van der Waals surface area contributed by atoms with Crippen LogP contribution >= 0.6 is 0 Å². The predicted octanol–water partition coefficient (Wildman–Crippen LogP) is 3.78. The molecule has 0 bridgehead atoms. The highest BCUT2D eigenvalue weighted by Gasteiger charge is 2.34. The molecule has 7 nitrogen and oxygen atoms in total. The summed E-state index contributed by atoms with van der Waals surface area (Å²) in [5.74, 6) is -0.138. The Balaban J connectivity index is 2.15. The van der Waals surface area contributed by atoms with E-state index in [1.54, 1.807) is 0 Å². The molecular formula is C17H13F6N7. The first-order valence-electron chi connectivity index (χ1n) is 8.19. The lowest BCUT2D eigenvalue weighted by atomic mass is 9.98. The number of alkyl halides is 6. The Labute approximate surface area is 164 Å². The number of anilines is 1. The molecule has 158 valence electrons. The second-order valence-electron chi connectivity index (χ2n) is 6.08. The number of fused-ring (bicyclic) bond motifs is 1. The second kappa shape index (κ2) is 7.65. The highest BCUT2D eigenvalue weighted by molar-refractivity contribution is 6.00. The van der Waals surface area contributed by atoms with Crippen LogP contribution in [0.5, 0.6) is 0 Å². The fraction of sp³-hybridized carbons (Fsp3) is 0.176. The normalized spacial score (nSPS) is 12.6. The van der Waals surface area contributed by atoms with E-state index in [2.05, 4.69) is 20.5 Å². The summed E-state index contributed by atoms with van der Waals surface area (Å²) >= 11 is 0. The van der Waals surface area contributed by atoms with Gasteiger partial charge in [-0.15, -0.1) is 10.2 Å². The summed E-state index contributed by atoms with van der Waals surface area (Å²) in [5.41, 5.74) is 3.31. The third-order valence-electron chi connectivity index (χ3n) is 3.94. The maximum Gasteiger partial charge on any atom is 0.416 e. The van der Waals surface area contributed by atoms with Crippen molar-refractivity contribution in [3.8, 4) is 11.3 Å². The van der Waals surface area contributed by atoms with Crippen LogP contribution in [0, 0.1) is 5.41 Å². The molecule has 0 radical (unpaired) electrons. The number of imidazole rings is 1. The number of hydrogen-bond donors (Lipinski definition) is 3. The quantitative estimate of drug-likeness (QED) is 0.333. The monoisotopic (exact) mass is 429 g/mol. The molecule has 2 aromatic heterocycles. The van der Waals surface area contributed by atoms with Crippen LogP contribution in [0.1, 0.15) is 11.1 Å². The summed E-state index contributed by atoms with van der Waals surface area (Å²) in [6.45, 7) is 0. The van der Waals surface area contributed by atoms with Crippen molar-refractivity contribution in [1.29, 1.82) is 5.41 Å². The fourth-order valence-corrected chi connectivity index (χ4v) is 2.73. The van der Waals surface area contributed by atoms with Crippen molar-refractivity contribution in [2.24, 2.45) is 5.73 Å². The van der Waals surface area contributed by atoms with Crippen molar-refractivity contribution in [2.75, 3.05) is 5.32 Å². The van der Waals surface area contributed by atoms with Crippen molar-refractivity contribution < 1.29 is 26.3 Å². The summed E-state index contributed by atoms with van der Waals surface area (Å²) in [5, 5.41) is 17.9. The van der Waals surface area contributed by atoms with E-state index in [0.29, 0.717) is 12.1 Å². The number of benzene rings is 1. The van der Waals surface area contributed by atoms with Gasteiger partial charge in [-0.25, -0.2) is 4.98 Å². The molecule has 0 saturated carbocycles. The molecule has 3 rings (SSSR count). The number of nitrogens with one attached hydrogen (secondary N) is 2. The Morgan fingerprint density at radius 3 is 2.53 bits per heavy atom. The minimum atomic E-state index is -4.80. The third-order valence-corrected chi connectivity index (χ3v) is 3.94. The van der Waals surface area contributed by atoms with Crippen molar-refractivity contribution in [3.05, 3.63) is 54.1 Å². The van der Waals surface area contributed by atoms with Gasteiger partial charge in [0.05, 0.1) is 23.7 Å². The van der Waals surface area contributed by atoms with Crippen molar-refractivity contribution in [2.45, 2.75) is 18.8 Å². The molecule has 0 saturated heterocycles. The van der Waals surface area contributed by atoms with E-state index < -0.39 is 29.9 Å². The van der Waals surface area contributed by atoms with Crippen LogP contribution < -0.4 is 11.1 Å². The average molecular weight is 429 g/mol. The maximum atomic E-state index is 13.0. The molecule has 0 aliphatic heterocycles. The summed E-state index contributed by atoms with van der Waals surface area (Å²) in [4.78, 5) is 3.89. The van der Waals surface area contributed by atoms with Gasteiger partial charge in [0.2, 0.25) is 5.95 Å². The van der Waals surface area contributed by atoms with Crippen LogP contribution in [0.3, 0.4) is 0 Å². The molecule has 30 heavy (non-hydrogen) atoms. The smallest absolute Gasteiger partial charge is 0.404 e. The standard InChI is InChI=1S/C17H13F6N7/c18-16(19,20)6-9-5-10(17(21,22)23)1-2-11(9)14-12-7-26-8-30(12)15(29-28-14)27-13(25)3-4-24/h1-5,7-8H,6,24H2,(H2,25,27,29)/b4-3-. The van der Waals surface area contributed by atoms with E-state index in [0.717, 1.165) is 12.3 Å². The van der Waals surface area contributed by atoms with Crippen LogP contribution in [0.4, 0.5) is 32.3 Å². The van der Waals surface area contributed by atoms with Gasteiger partial charge in [-0.3, -0.25) is 9.81 Å². The molecule has 3 aromatic rings. The molecule has 0 amide bonds. The lowest BCUT2D eigenvalue weighted by molar-refractivity contribution is -0.138. The topological polar surface area (TPSA) is 105 Å². The Kier molecular flexibility index (Phi) is 5.37. The number of aromatic nitrogens is 4. The molecule has 0 atom stereocenters. The Bertz CT molecular complexity index is 1110. The first-order valence-corrected chi connectivity index (χ1v) is 8.19. The fourth-order valence-electron chi connectivity index (χ4n) is 2.73. The van der Waals surface area contributed by atoms with Gasteiger partial charge < -0.3 is 11.1 Å². The molecule has 0 spiro atoms. The number of nitrogens with two attached hydrogens (primary N) is 1. The van der Waals surface area contributed by atoms with Crippen LogP contribution in [0.2, 0.25) is 0 Å². The number of nitrogens with zero attached hydrogens (tertiary/aromatic N) is 4. The number of rotatable bonds is 4. The van der Waals surface area contributed by atoms with E-state index >= 15 is 0 Å². The van der Waals surface area contributed by atoms with Crippen molar-refractivity contribution >= 4 is 17.3 Å². The highest BCUT2D eigenvalue weighted by Crippen LogP contribution is 2.36. The molecule has 0 fully saturated rings. The van der Waals surface area contributed by atoms with Crippen LogP contribution in [0.25, 0.3) is 16.8 Å². The Morgan fingerprint density at radius 2 is 1.90 bits per heavy atom. The Hall–Kier alpha value is -3.64. The summed E-state index contributed by atoms with van der Waals surface area (Å²) < 4.78 is 79.4. The summed E-state index contributed by atoms with van der Waals surface area (Å²) in [6.07, 6.45) is -6.27. The van der Waals surface area contributed by atoms with Crippen LogP contribution in [0.15, 0.2) is 43.0 Å². The lowest BCUT2D eigenvalue weighted by Gasteiger charge is -2.16. The zero-order valence-corrected chi connectivity index (χ0v) is 14.9. The number of hydrogen-bond acceptors (Lipinski definition) is 5. The minimum absolute atomic E-state index is 0.0126. The molecular weight excluding hydrogens is 416 g/mol. The molecule has 13 heteroatoms. The van der Waals surface area contributed by atoms with E-state index in [1.165, 1.54) is 23.0 Å². The highest BCUT2D eigenvalue weighted by atomic mass is 19.4. The summed E-state index contributed by atoms with van der Waals surface area (Å²) in [6, 6.07) is 2.05. The third kappa shape index (κ3) is 4.50. The van der Waals surface area contributed by atoms with Gasteiger partial charge in [0.1, 0.15) is 17.9 Å². The Morgan fingerprint density at radius 1 is 1.17 bits per heavy atom. The van der Waals surface area contributed by atoms with E-state index in [4.69, 9.17) is 11.1 Å². The van der Waals surface area contributed by atoms with Gasteiger partial charge in [0.25, 0.3) is 0 Å². The maximum absolute atomic E-state index is 13.0. The van der Waals surface area contributed by atoms with Gasteiger partial charge in [-0.2, -0.15) is 26.3 Å². The zero-order chi connectivity index (χ0) is 22.1.